The second-order valence-corrected chi connectivity index (χ2v) is 9.59. The molecule has 2 heterocycles. The van der Waals surface area contributed by atoms with Crippen molar-refractivity contribution in [2.45, 2.75) is 20.0 Å². The van der Waals surface area contributed by atoms with Crippen molar-refractivity contribution < 1.29 is 15.6 Å². The van der Waals surface area contributed by atoms with Crippen LogP contribution in [0.1, 0.15) is 25.1 Å². The number of anilines is 2. The number of rotatable bonds is 12. The van der Waals surface area contributed by atoms with Gasteiger partial charge < -0.3 is 19.7 Å². The smallest absolute Gasteiger partial charge is 0.159 e. The molecule has 0 fully saturated rings. The Kier molecular flexibility index (Phi) is 9.20. The van der Waals surface area contributed by atoms with Crippen LogP contribution in [0, 0.1) is 11.3 Å². The van der Waals surface area contributed by atoms with Gasteiger partial charge in [0.15, 0.2) is 5.78 Å². The topological polar surface area (TPSA) is 100 Å². The summed E-state index contributed by atoms with van der Waals surface area (Å²) in [5.74, 6) is 0.812. The van der Waals surface area contributed by atoms with Gasteiger partial charge in [-0.25, -0.2) is 0 Å². The fourth-order valence-corrected chi connectivity index (χ4v) is 4.20. The first-order chi connectivity index (χ1) is 19.8. The summed E-state index contributed by atoms with van der Waals surface area (Å²) in [7, 11) is 3.68. The Bertz CT molecular complexity index is 1620. The number of hydrogen-bond donors (Lipinski definition) is 1. The molecule has 0 atom stereocenters. The molecule has 4 rings (SSSR count). The van der Waals surface area contributed by atoms with Gasteiger partial charge >= 0.3 is 0 Å². The van der Waals surface area contributed by atoms with Crippen LogP contribution < -0.4 is 14.8 Å². The highest BCUT2D eigenvalue weighted by Gasteiger charge is 2.16. The Morgan fingerprint density at radius 3 is 2.73 bits per heavy atom. The van der Waals surface area contributed by atoms with Crippen molar-refractivity contribution in [3.05, 3.63) is 94.9 Å². The summed E-state index contributed by atoms with van der Waals surface area (Å²) in [5.41, 5.74) is 3.50. The summed E-state index contributed by atoms with van der Waals surface area (Å²) >= 11 is 6.52. The van der Waals surface area contributed by atoms with E-state index in [1.165, 1.54) is 12.3 Å². The van der Waals surface area contributed by atoms with Crippen LogP contribution in [0.5, 0.6) is 11.5 Å². The average molecular weight is 557 g/mol. The SMILES string of the molecule is [2H]/C(=C\C(=O)Cc1cc2c(Nc3ccc(OCc4ccccn4)c(Cl)c3)c(C#N)cnc2cc1OCC)CN(C)C. The largest absolute Gasteiger partial charge is 0.494 e. The van der Waals surface area contributed by atoms with Gasteiger partial charge in [-0.3, -0.25) is 14.8 Å². The molecule has 0 aliphatic carbocycles. The van der Waals surface area contributed by atoms with Crippen LogP contribution in [0.15, 0.2) is 73.1 Å². The lowest BCUT2D eigenvalue weighted by atomic mass is 10.0. The number of benzene rings is 2. The van der Waals surface area contributed by atoms with Crippen LogP contribution in [0.3, 0.4) is 0 Å². The molecule has 0 unspecified atom stereocenters. The third-order valence-electron chi connectivity index (χ3n) is 5.81. The van der Waals surface area contributed by atoms with Crippen molar-refractivity contribution in [3.63, 3.8) is 0 Å². The number of carbonyl (C=O) groups is 1. The van der Waals surface area contributed by atoms with E-state index in [1.807, 2.05) is 50.2 Å². The molecule has 2 aromatic heterocycles. The Labute approximate surface area is 240 Å². The molecule has 8 nitrogen and oxygen atoms in total. The molecule has 1 N–H and O–H groups in total. The minimum absolute atomic E-state index is 0.0332. The van der Waals surface area contributed by atoms with Crippen molar-refractivity contribution in [2.24, 2.45) is 0 Å². The van der Waals surface area contributed by atoms with Crippen LogP contribution >= 0.6 is 11.6 Å². The molecular weight excluding hydrogens is 526 g/mol. The number of nitrogens with one attached hydrogen (secondary N) is 1. The molecule has 0 aliphatic rings. The first-order valence-corrected chi connectivity index (χ1v) is 13.1. The number of aromatic nitrogens is 2. The zero-order chi connectivity index (χ0) is 29.4. The van der Waals surface area contributed by atoms with Crippen molar-refractivity contribution in [3.8, 4) is 17.6 Å². The van der Waals surface area contributed by atoms with E-state index in [9.17, 15) is 10.1 Å². The van der Waals surface area contributed by atoms with E-state index in [0.717, 1.165) is 5.69 Å². The minimum Gasteiger partial charge on any atom is -0.494 e. The van der Waals surface area contributed by atoms with Gasteiger partial charge in [-0.1, -0.05) is 23.7 Å². The van der Waals surface area contributed by atoms with Gasteiger partial charge in [-0.15, -0.1) is 0 Å². The Morgan fingerprint density at radius 1 is 1.18 bits per heavy atom. The molecule has 0 saturated heterocycles. The van der Waals surface area contributed by atoms with Gasteiger partial charge in [0.05, 0.1) is 35.5 Å². The van der Waals surface area contributed by atoms with E-state index in [4.69, 9.17) is 22.4 Å². The fraction of sp³-hybridized carbons (Fsp3) is 0.226. The van der Waals surface area contributed by atoms with Gasteiger partial charge in [-0.2, -0.15) is 5.26 Å². The summed E-state index contributed by atoms with van der Waals surface area (Å²) in [6, 6.07) is 16.8. The zero-order valence-corrected chi connectivity index (χ0v) is 23.3. The van der Waals surface area contributed by atoms with E-state index >= 15 is 0 Å². The highest BCUT2D eigenvalue weighted by molar-refractivity contribution is 6.32. The summed E-state index contributed by atoms with van der Waals surface area (Å²) in [6.07, 6.45) is 4.56. The molecule has 0 radical (unpaired) electrons. The molecule has 0 spiro atoms. The van der Waals surface area contributed by atoms with Crippen LogP contribution in [-0.4, -0.2) is 47.9 Å². The third-order valence-corrected chi connectivity index (χ3v) is 6.10. The summed E-state index contributed by atoms with van der Waals surface area (Å²) in [5, 5.41) is 14.2. The van der Waals surface area contributed by atoms with Gasteiger partial charge in [-0.05, 0) is 63.5 Å². The lowest BCUT2D eigenvalue weighted by Gasteiger charge is -2.16. The van der Waals surface area contributed by atoms with E-state index in [2.05, 4.69) is 21.4 Å². The highest BCUT2D eigenvalue weighted by Crippen LogP contribution is 2.36. The van der Waals surface area contributed by atoms with Crippen molar-refractivity contribution in [1.82, 2.24) is 14.9 Å². The van der Waals surface area contributed by atoms with Crippen molar-refractivity contribution >= 4 is 39.7 Å². The normalized spacial score (nSPS) is 11.7. The molecule has 4 aromatic rings. The summed E-state index contributed by atoms with van der Waals surface area (Å²) < 4.78 is 19.7. The maximum absolute atomic E-state index is 12.8. The molecule has 0 aliphatic heterocycles. The lowest BCUT2D eigenvalue weighted by Crippen LogP contribution is -2.11. The van der Waals surface area contributed by atoms with Gasteiger partial charge in [0, 0.05) is 48.1 Å². The number of halogens is 1. The summed E-state index contributed by atoms with van der Waals surface area (Å²) in [4.78, 5) is 23.4. The third kappa shape index (κ3) is 7.35. The minimum atomic E-state index is -0.218. The second-order valence-electron chi connectivity index (χ2n) is 9.18. The second kappa shape index (κ2) is 13.6. The van der Waals surface area contributed by atoms with Gasteiger partial charge in [0.2, 0.25) is 0 Å². The molecule has 0 amide bonds. The molecule has 0 bridgehead atoms. The predicted molar refractivity (Wildman–Crippen MR) is 157 cm³/mol. The number of ether oxygens (including phenoxy) is 2. The number of ketones is 1. The quantitative estimate of drug-likeness (QED) is 0.209. The molecule has 9 heteroatoms. The predicted octanol–water partition coefficient (Wildman–Crippen LogP) is 6.11. The Balaban J connectivity index is 1.66. The standard InChI is InChI=1S/C31H30ClN5O3/c1-4-39-30-17-28-26(15-21(30)14-25(38)9-7-13-37(2)3)31(22(18-33)19-35-28)36-23-10-11-29(27(32)16-23)40-20-24-8-5-6-12-34-24/h5-12,15-17,19H,4,13-14,20H2,1-3H3,(H,35,36)/b9-7+/i7D. The molecule has 40 heavy (non-hydrogen) atoms. The van der Waals surface area contributed by atoms with E-state index in [1.54, 1.807) is 30.5 Å². The molecule has 204 valence electrons. The van der Waals surface area contributed by atoms with Crippen LogP contribution in [0.25, 0.3) is 10.9 Å². The molecular formula is C31H30ClN5O3. The zero-order valence-electron chi connectivity index (χ0n) is 23.6. The van der Waals surface area contributed by atoms with Crippen LogP contribution in [0.2, 0.25) is 5.02 Å². The number of likely N-dealkylation sites (N-methyl/N-ethyl adjacent to an activating group) is 1. The number of nitrogens with zero attached hydrogens (tertiary/aromatic N) is 4. The number of fused-ring (bicyclic) bond motifs is 1. The van der Waals surface area contributed by atoms with Crippen molar-refractivity contribution in [1.29, 1.82) is 5.26 Å². The highest BCUT2D eigenvalue weighted by atomic mass is 35.5. The lowest BCUT2D eigenvalue weighted by molar-refractivity contribution is -0.114. The average Bonchev–Trinajstić information content (AvgIpc) is 2.93. The molecule has 0 saturated carbocycles. The van der Waals surface area contributed by atoms with Crippen molar-refractivity contribution in [2.75, 3.05) is 32.6 Å². The van der Waals surface area contributed by atoms with Crippen LogP contribution in [-0.2, 0) is 17.8 Å². The number of carbonyl (C=O) groups excluding carboxylic acids is 1. The van der Waals surface area contributed by atoms with Gasteiger partial charge in [0.1, 0.15) is 24.2 Å². The van der Waals surface area contributed by atoms with E-state index in [0.29, 0.717) is 63.1 Å². The fourth-order valence-electron chi connectivity index (χ4n) is 3.97. The van der Waals surface area contributed by atoms with Gasteiger partial charge in [0.25, 0.3) is 0 Å². The number of allylic oxidation sites excluding steroid dienone is 1. The summed E-state index contributed by atoms with van der Waals surface area (Å²) in [6.45, 7) is 2.90. The number of nitriles is 1. The van der Waals surface area contributed by atoms with E-state index in [-0.39, 0.29) is 24.9 Å². The Hall–Kier alpha value is -4.45. The maximum atomic E-state index is 12.8. The van der Waals surface area contributed by atoms with E-state index < -0.39 is 0 Å². The monoisotopic (exact) mass is 556 g/mol. The Morgan fingerprint density at radius 2 is 2.02 bits per heavy atom. The number of hydrogen-bond acceptors (Lipinski definition) is 8. The molecule has 2 aromatic carbocycles. The first kappa shape index (κ1) is 27.1. The number of pyridine rings is 2. The first-order valence-electron chi connectivity index (χ1n) is 13.2. The van der Waals surface area contributed by atoms with Crippen LogP contribution in [0.4, 0.5) is 11.4 Å². The maximum Gasteiger partial charge on any atom is 0.159 e.